The van der Waals surface area contributed by atoms with Crippen LogP contribution in [-0.4, -0.2) is 42.6 Å². The second-order valence-corrected chi connectivity index (χ2v) is 8.08. The van der Waals surface area contributed by atoms with Gasteiger partial charge in [0.1, 0.15) is 5.75 Å². The summed E-state index contributed by atoms with van der Waals surface area (Å²) < 4.78 is 5.71. The molecule has 25 heavy (non-hydrogen) atoms. The molecule has 2 unspecified atom stereocenters. The van der Waals surface area contributed by atoms with Gasteiger partial charge in [0.25, 0.3) is 0 Å². The number of para-hydroxylation sites is 1. The largest absolute Gasteiger partial charge is 0.493 e. The zero-order chi connectivity index (χ0) is 17.9. The number of likely N-dealkylation sites (tertiary alicyclic amines) is 1. The summed E-state index contributed by atoms with van der Waals surface area (Å²) in [6.07, 6.45) is 3.52. The highest BCUT2D eigenvalue weighted by atomic mass is 16.5. The second-order valence-electron chi connectivity index (χ2n) is 8.08. The Kier molecular flexibility index (Phi) is 5.52. The summed E-state index contributed by atoms with van der Waals surface area (Å²) in [6.45, 7) is 10.6. The molecule has 2 heterocycles. The summed E-state index contributed by atoms with van der Waals surface area (Å²) in [4.78, 5) is 7.22. The minimum absolute atomic E-state index is 0.0363. The average molecular weight is 345 g/mol. The van der Waals surface area contributed by atoms with Gasteiger partial charge in [-0.15, -0.1) is 0 Å². The molecule has 1 saturated heterocycles. The minimum atomic E-state index is 0.0363. The number of nitrogens with one attached hydrogen (secondary N) is 1. The Morgan fingerprint density at radius 3 is 2.96 bits per heavy atom. The van der Waals surface area contributed by atoms with Gasteiger partial charge in [-0.05, 0) is 45.2 Å². The Morgan fingerprint density at radius 2 is 2.16 bits per heavy atom. The summed E-state index contributed by atoms with van der Waals surface area (Å²) >= 11 is 0. The normalized spacial score (nSPS) is 25.2. The van der Waals surface area contributed by atoms with Crippen molar-refractivity contribution in [3.05, 3.63) is 29.8 Å². The van der Waals surface area contributed by atoms with Gasteiger partial charge in [-0.3, -0.25) is 9.89 Å². The van der Waals surface area contributed by atoms with E-state index in [1.54, 1.807) is 0 Å². The average Bonchev–Trinajstić information content (AvgIpc) is 2.60. The van der Waals surface area contributed by atoms with E-state index < -0.39 is 0 Å². The van der Waals surface area contributed by atoms with Crippen LogP contribution in [-0.2, 0) is 0 Å². The van der Waals surface area contributed by atoms with E-state index in [-0.39, 0.29) is 11.6 Å². The van der Waals surface area contributed by atoms with Gasteiger partial charge >= 0.3 is 0 Å². The smallest absolute Gasteiger partial charge is 0.189 e. The third kappa shape index (κ3) is 4.46. The lowest BCUT2D eigenvalue weighted by molar-refractivity contribution is 0.0774. The molecule has 0 saturated carbocycles. The number of nitrogens with two attached hydrogens (primary N) is 1. The van der Waals surface area contributed by atoms with Gasteiger partial charge in [-0.1, -0.05) is 25.1 Å². The van der Waals surface area contributed by atoms with E-state index in [0.717, 1.165) is 36.7 Å². The van der Waals surface area contributed by atoms with Crippen molar-refractivity contribution in [1.29, 1.82) is 0 Å². The minimum Gasteiger partial charge on any atom is -0.493 e. The molecule has 138 valence electrons. The first-order valence-electron chi connectivity index (χ1n) is 9.49. The molecule has 1 fully saturated rings. The summed E-state index contributed by atoms with van der Waals surface area (Å²) in [5.74, 6) is 2.24. The molecular formula is C20H32N4O. The number of piperidine rings is 1. The van der Waals surface area contributed by atoms with Crippen molar-refractivity contribution < 1.29 is 4.74 Å². The first-order valence-corrected chi connectivity index (χ1v) is 9.49. The zero-order valence-electron chi connectivity index (χ0n) is 15.8. The molecule has 3 rings (SSSR count). The first-order chi connectivity index (χ1) is 12.0. The SMILES string of the molecule is CC1CCCN(C(C)(C)CN=C(N)NC2CCOc3ccccc32)C1. The summed E-state index contributed by atoms with van der Waals surface area (Å²) in [7, 11) is 0. The maximum absolute atomic E-state index is 6.21. The molecule has 0 radical (unpaired) electrons. The monoisotopic (exact) mass is 344 g/mol. The van der Waals surface area contributed by atoms with Gasteiger partial charge in [0.05, 0.1) is 19.2 Å². The van der Waals surface area contributed by atoms with Crippen LogP contribution in [0.25, 0.3) is 0 Å². The van der Waals surface area contributed by atoms with Crippen LogP contribution in [0.2, 0.25) is 0 Å². The highest BCUT2D eigenvalue weighted by molar-refractivity contribution is 5.78. The van der Waals surface area contributed by atoms with Crippen LogP contribution in [0.5, 0.6) is 5.75 Å². The Labute approximate surface area is 151 Å². The van der Waals surface area contributed by atoms with Crippen LogP contribution >= 0.6 is 0 Å². The third-order valence-electron chi connectivity index (χ3n) is 5.43. The summed E-state index contributed by atoms with van der Waals surface area (Å²) in [5, 5.41) is 3.39. The molecule has 2 aliphatic rings. The molecule has 5 heteroatoms. The van der Waals surface area contributed by atoms with Crippen molar-refractivity contribution in [3.63, 3.8) is 0 Å². The second kappa shape index (κ2) is 7.65. The first kappa shape index (κ1) is 18.1. The van der Waals surface area contributed by atoms with Gasteiger partial charge in [0.15, 0.2) is 5.96 Å². The van der Waals surface area contributed by atoms with E-state index >= 15 is 0 Å². The lowest BCUT2D eigenvalue weighted by atomic mass is 9.94. The fourth-order valence-corrected chi connectivity index (χ4v) is 3.83. The zero-order valence-corrected chi connectivity index (χ0v) is 15.8. The molecule has 2 atom stereocenters. The lowest BCUT2D eigenvalue weighted by Gasteiger charge is -2.42. The molecular weight excluding hydrogens is 312 g/mol. The predicted octanol–water partition coefficient (Wildman–Crippen LogP) is 2.93. The molecule has 0 amide bonds. The number of hydrogen-bond acceptors (Lipinski definition) is 3. The maximum Gasteiger partial charge on any atom is 0.189 e. The van der Waals surface area contributed by atoms with E-state index in [1.165, 1.54) is 12.8 Å². The van der Waals surface area contributed by atoms with Gasteiger partial charge in [0, 0.05) is 24.1 Å². The molecule has 1 aromatic carbocycles. The standard InChI is InChI=1S/C20H32N4O/c1-15-7-6-11-24(13-15)20(2,3)14-22-19(21)23-17-10-12-25-18-9-5-4-8-16(17)18/h4-5,8-9,15,17H,6-7,10-14H2,1-3H3,(H3,21,22,23). The molecule has 5 nitrogen and oxygen atoms in total. The van der Waals surface area contributed by atoms with Gasteiger partial charge < -0.3 is 15.8 Å². The molecule has 2 aliphatic heterocycles. The molecule has 0 aromatic heterocycles. The van der Waals surface area contributed by atoms with Gasteiger partial charge in [-0.2, -0.15) is 0 Å². The molecule has 0 aliphatic carbocycles. The Hall–Kier alpha value is -1.75. The van der Waals surface area contributed by atoms with Crippen LogP contribution in [0.3, 0.4) is 0 Å². The van der Waals surface area contributed by atoms with Crippen molar-refractivity contribution in [2.75, 3.05) is 26.2 Å². The number of rotatable bonds is 4. The summed E-state index contributed by atoms with van der Waals surface area (Å²) in [6, 6.07) is 8.32. The van der Waals surface area contributed by atoms with Crippen molar-refractivity contribution in [2.24, 2.45) is 16.6 Å². The number of benzene rings is 1. The van der Waals surface area contributed by atoms with Gasteiger partial charge in [-0.25, -0.2) is 0 Å². The van der Waals surface area contributed by atoms with Crippen LogP contribution < -0.4 is 15.8 Å². The van der Waals surface area contributed by atoms with E-state index in [4.69, 9.17) is 10.5 Å². The van der Waals surface area contributed by atoms with Crippen molar-refractivity contribution in [3.8, 4) is 5.75 Å². The summed E-state index contributed by atoms with van der Waals surface area (Å²) in [5.41, 5.74) is 7.40. The molecule has 0 spiro atoms. The number of ether oxygens (including phenoxy) is 1. The van der Waals surface area contributed by atoms with E-state index in [1.807, 2.05) is 18.2 Å². The topological polar surface area (TPSA) is 62.9 Å². The molecule has 1 aromatic rings. The van der Waals surface area contributed by atoms with Crippen LogP contribution in [0, 0.1) is 5.92 Å². The predicted molar refractivity (Wildman–Crippen MR) is 103 cm³/mol. The van der Waals surface area contributed by atoms with Crippen molar-refractivity contribution in [2.45, 2.75) is 51.6 Å². The Bertz CT molecular complexity index is 613. The molecule has 0 bridgehead atoms. The highest BCUT2D eigenvalue weighted by Crippen LogP contribution is 2.31. The number of fused-ring (bicyclic) bond motifs is 1. The van der Waals surface area contributed by atoms with E-state index in [0.29, 0.717) is 19.1 Å². The van der Waals surface area contributed by atoms with Crippen LogP contribution in [0.4, 0.5) is 0 Å². The fourth-order valence-electron chi connectivity index (χ4n) is 3.83. The Balaban J connectivity index is 1.61. The lowest BCUT2D eigenvalue weighted by Crippen LogP contribution is -2.51. The number of guanidine groups is 1. The van der Waals surface area contributed by atoms with Gasteiger partial charge in [0.2, 0.25) is 0 Å². The number of hydrogen-bond donors (Lipinski definition) is 2. The van der Waals surface area contributed by atoms with Crippen LogP contribution in [0.1, 0.15) is 51.6 Å². The van der Waals surface area contributed by atoms with E-state index in [9.17, 15) is 0 Å². The van der Waals surface area contributed by atoms with E-state index in [2.05, 4.69) is 42.0 Å². The number of aliphatic imine (C=N–C) groups is 1. The highest BCUT2D eigenvalue weighted by Gasteiger charge is 2.30. The quantitative estimate of drug-likeness (QED) is 0.651. The Morgan fingerprint density at radius 1 is 1.36 bits per heavy atom. The fraction of sp³-hybridized carbons (Fsp3) is 0.650. The van der Waals surface area contributed by atoms with Crippen LogP contribution in [0.15, 0.2) is 29.3 Å². The molecule has 3 N–H and O–H groups in total. The van der Waals surface area contributed by atoms with Crippen molar-refractivity contribution >= 4 is 5.96 Å². The maximum atomic E-state index is 6.21. The third-order valence-corrected chi connectivity index (χ3v) is 5.43. The number of nitrogens with zero attached hydrogens (tertiary/aromatic N) is 2. The van der Waals surface area contributed by atoms with Crippen molar-refractivity contribution in [1.82, 2.24) is 10.2 Å².